The number of hydrogen-bond donors (Lipinski definition) is 4. The Balaban J connectivity index is -0.0000000533. The van der Waals surface area contributed by atoms with Gasteiger partial charge in [0.2, 0.25) is 0 Å². The fourth-order valence-corrected chi connectivity index (χ4v) is 1.25. The SMILES string of the molecule is O.O.O=P(O)(O)OP(=O)(O)O.[CaH2].[CaH2]. The molecule has 0 bridgehead atoms. The second-order valence-electron chi connectivity index (χ2n) is 1.06. The van der Waals surface area contributed by atoms with Gasteiger partial charge < -0.3 is 30.5 Å². The first-order chi connectivity index (χ1) is 3.71. The molecule has 0 rings (SSSR count). The predicted octanol–water partition coefficient (Wildman–Crippen LogP) is -4.29. The van der Waals surface area contributed by atoms with Gasteiger partial charge in [0.25, 0.3) is 0 Å². The van der Waals surface area contributed by atoms with E-state index in [1.54, 1.807) is 0 Å². The van der Waals surface area contributed by atoms with E-state index in [-0.39, 0.29) is 86.4 Å². The summed E-state index contributed by atoms with van der Waals surface area (Å²) in [5, 5.41) is 0. The monoisotopic (exact) mass is 298 g/mol. The van der Waals surface area contributed by atoms with E-state index in [4.69, 9.17) is 19.6 Å². The second-order valence-corrected chi connectivity index (χ2v) is 3.68. The van der Waals surface area contributed by atoms with Crippen LogP contribution in [0, 0.1) is 0 Å². The molecule has 0 saturated carbocycles. The Kier molecular flexibility index (Phi) is 25.5. The average Bonchev–Trinajstić information content (AvgIpc) is 1.14. The Morgan fingerprint density at radius 1 is 0.769 bits per heavy atom. The van der Waals surface area contributed by atoms with Crippen LogP contribution >= 0.6 is 15.6 Å². The normalized spacial score (nSPS) is 9.54. The van der Waals surface area contributed by atoms with Crippen LogP contribution in [0.15, 0.2) is 0 Å². The van der Waals surface area contributed by atoms with Crippen molar-refractivity contribution in [3.8, 4) is 0 Å². The Hall–Kier alpha value is 2.70. The summed E-state index contributed by atoms with van der Waals surface area (Å²) in [6.07, 6.45) is 0. The second kappa shape index (κ2) is 11.2. The summed E-state index contributed by atoms with van der Waals surface area (Å²) in [4.78, 5) is 31.0. The Bertz CT molecular complexity index is 156. The van der Waals surface area contributed by atoms with Gasteiger partial charge >= 0.3 is 91.1 Å². The molecule has 0 aliphatic heterocycles. The molecule has 0 atom stereocenters. The first kappa shape index (κ1) is 29.6. The van der Waals surface area contributed by atoms with Gasteiger partial charge in [0.1, 0.15) is 0 Å². The summed E-state index contributed by atoms with van der Waals surface area (Å²) in [6.45, 7) is 0. The van der Waals surface area contributed by atoms with E-state index in [1.165, 1.54) is 0 Å². The number of hydrogen-bond acceptors (Lipinski definition) is 3. The number of rotatable bonds is 2. The zero-order chi connectivity index (χ0) is 7.71. The molecule has 0 unspecified atom stereocenters. The third kappa shape index (κ3) is 31.3. The van der Waals surface area contributed by atoms with Crippen LogP contribution in [-0.2, 0) is 13.4 Å². The molecule has 13 heavy (non-hydrogen) atoms. The fourth-order valence-electron chi connectivity index (χ4n) is 0.139. The van der Waals surface area contributed by atoms with E-state index in [9.17, 15) is 9.13 Å². The molecule has 0 radical (unpaired) electrons. The van der Waals surface area contributed by atoms with Crippen molar-refractivity contribution in [3.05, 3.63) is 0 Å². The average molecular weight is 298 g/mol. The van der Waals surface area contributed by atoms with Crippen LogP contribution in [0.4, 0.5) is 0 Å². The summed E-state index contributed by atoms with van der Waals surface area (Å²) in [5.74, 6) is 0. The first-order valence-electron chi connectivity index (χ1n) is 1.53. The van der Waals surface area contributed by atoms with Gasteiger partial charge in [-0.25, -0.2) is 9.13 Å². The van der Waals surface area contributed by atoms with Crippen molar-refractivity contribution in [1.29, 1.82) is 0 Å². The molecule has 9 nitrogen and oxygen atoms in total. The quantitative estimate of drug-likeness (QED) is 0.293. The summed E-state index contributed by atoms with van der Waals surface area (Å²) >= 11 is 0. The van der Waals surface area contributed by atoms with Crippen molar-refractivity contribution in [1.82, 2.24) is 0 Å². The van der Waals surface area contributed by atoms with Crippen LogP contribution in [0.1, 0.15) is 0 Å². The van der Waals surface area contributed by atoms with Crippen molar-refractivity contribution in [2.45, 2.75) is 0 Å². The molecular weight excluding hydrogens is 286 g/mol. The van der Waals surface area contributed by atoms with Crippen molar-refractivity contribution in [2.75, 3.05) is 0 Å². The molecule has 0 spiro atoms. The van der Waals surface area contributed by atoms with Gasteiger partial charge in [0.15, 0.2) is 0 Å². The van der Waals surface area contributed by atoms with Crippen LogP contribution in [-0.4, -0.2) is 106 Å². The van der Waals surface area contributed by atoms with Gasteiger partial charge in [0, 0.05) is 0 Å². The van der Waals surface area contributed by atoms with Crippen LogP contribution in [0.3, 0.4) is 0 Å². The van der Waals surface area contributed by atoms with Crippen LogP contribution in [0.5, 0.6) is 0 Å². The van der Waals surface area contributed by atoms with E-state index in [2.05, 4.69) is 4.31 Å². The Morgan fingerprint density at radius 2 is 0.923 bits per heavy atom. The standard InChI is InChI=1S/2Ca.H4O7P2.2H2O.4H/c;;1-8(2,3)7-9(4,5)6;;;;;;/h;;(H2,1,2,3)(H2,4,5,6);2*1H2;;;;. The molecule has 0 aromatic rings. The van der Waals surface area contributed by atoms with Crippen LogP contribution in [0.2, 0.25) is 0 Å². The minimum absolute atomic E-state index is 0. The van der Waals surface area contributed by atoms with E-state index in [0.717, 1.165) is 0 Å². The molecular formula is H12Ca2O9P2. The third-order valence-electron chi connectivity index (χ3n) is 0.213. The van der Waals surface area contributed by atoms with E-state index >= 15 is 0 Å². The van der Waals surface area contributed by atoms with Gasteiger partial charge in [-0.1, -0.05) is 0 Å². The predicted molar refractivity (Wildman–Crippen MR) is 49.5 cm³/mol. The Labute approximate surface area is 133 Å². The first-order valence-corrected chi connectivity index (χ1v) is 4.59. The van der Waals surface area contributed by atoms with Gasteiger partial charge in [-0.05, 0) is 0 Å². The van der Waals surface area contributed by atoms with Gasteiger partial charge in [-0.15, -0.1) is 0 Å². The van der Waals surface area contributed by atoms with Gasteiger partial charge in [-0.2, -0.15) is 4.31 Å². The van der Waals surface area contributed by atoms with E-state index in [1.807, 2.05) is 0 Å². The molecule has 0 aliphatic carbocycles. The summed E-state index contributed by atoms with van der Waals surface area (Å²) < 4.78 is 22.2. The maximum absolute atomic E-state index is 9.63. The minimum atomic E-state index is -5.05. The van der Waals surface area contributed by atoms with Crippen molar-refractivity contribution in [3.63, 3.8) is 0 Å². The molecule has 0 aromatic carbocycles. The molecule has 0 amide bonds. The van der Waals surface area contributed by atoms with Crippen LogP contribution < -0.4 is 0 Å². The molecule has 13 heteroatoms. The van der Waals surface area contributed by atoms with Crippen LogP contribution in [0.25, 0.3) is 0 Å². The topological polar surface area (TPSA) is 187 Å². The Morgan fingerprint density at radius 3 is 0.923 bits per heavy atom. The molecule has 0 aromatic heterocycles. The number of phosphoric acid groups is 2. The zero-order valence-electron chi connectivity index (χ0n) is 4.91. The molecule has 0 saturated heterocycles. The van der Waals surface area contributed by atoms with E-state index < -0.39 is 15.6 Å². The van der Waals surface area contributed by atoms with Crippen molar-refractivity contribution < 1.29 is 44.0 Å². The van der Waals surface area contributed by atoms with Crippen molar-refractivity contribution in [2.24, 2.45) is 0 Å². The molecule has 0 heterocycles. The van der Waals surface area contributed by atoms with Gasteiger partial charge in [-0.3, -0.25) is 0 Å². The maximum atomic E-state index is 9.63. The summed E-state index contributed by atoms with van der Waals surface area (Å²) in [6, 6.07) is 0. The summed E-state index contributed by atoms with van der Waals surface area (Å²) in [7, 11) is -10.1. The summed E-state index contributed by atoms with van der Waals surface area (Å²) in [5.41, 5.74) is 0. The molecule has 0 aliphatic rings. The van der Waals surface area contributed by atoms with Crippen molar-refractivity contribution >= 4 is 91.1 Å². The zero-order valence-corrected chi connectivity index (χ0v) is 6.70. The third-order valence-corrected chi connectivity index (χ3v) is 1.91. The molecule has 8 N–H and O–H groups in total. The van der Waals surface area contributed by atoms with E-state index in [0.29, 0.717) is 0 Å². The van der Waals surface area contributed by atoms with Gasteiger partial charge in [0.05, 0.1) is 0 Å². The molecule has 80 valence electrons. The fraction of sp³-hybridized carbons (Fsp3) is 0. The molecule has 0 fully saturated rings.